The van der Waals surface area contributed by atoms with Crippen LogP contribution in [0.3, 0.4) is 0 Å². The van der Waals surface area contributed by atoms with Gasteiger partial charge < -0.3 is 19.7 Å². The van der Waals surface area contributed by atoms with Crippen molar-refractivity contribution in [3.05, 3.63) is 27.2 Å². The van der Waals surface area contributed by atoms with Gasteiger partial charge in [-0.05, 0) is 25.8 Å². The smallest absolute Gasteiger partial charge is 0.409 e. The average molecular weight is 410 g/mol. The maximum Gasteiger partial charge on any atom is 0.409 e. The van der Waals surface area contributed by atoms with Gasteiger partial charge in [0.1, 0.15) is 5.75 Å². The van der Waals surface area contributed by atoms with E-state index < -0.39 is 0 Å². The number of likely N-dealkylation sites (tertiary alicyclic amines) is 1. The molecule has 0 radical (unpaired) electrons. The topological polar surface area (TPSA) is 67.9 Å². The van der Waals surface area contributed by atoms with Crippen molar-refractivity contribution in [3.63, 3.8) is 0 Å². The number of piperidine rings is 1. The van der Waals surface area contributed by atoms with Crippen LogP contribution in [0.2, 0.25) is 15.1 Å². The molecule has 0 unspecified atom stereocenters. The van der Waals surface area contributed by atoms with Gasteiger partial charge in [-0.1, -0.05) is 34.8 Å². The van der Waals surface area contributed by atoms with E-state index in [-0.39, 0.29) is 29.7 Å². The molecule has 1 N–H and O–H groups in total. The number of carbonyl (C=O) groups excluding carboxylic acids is 2. The van der Waals surface area contributed by atoms with Crippen LogP contribution in [0.5, 0.6) is 5.75 Å². The third-order valence-electron chi connectivity index (χ3n) is 3.72. The van der Waals surface area contributed by atoms with Crippen LogP contribution in [0.15, 0.2) is 12.1 Å². The molecule has 0 saturated carbocycles. The number of carbonyl (C=O) groups is 2. The molecule has 6 nitrogen and oxygen atoms in total. The average Bonchev–Trinajstić information content (AvgIpc) is 2.58. The number of benzene rings is 1. The summed E-state index contributed by atoms with van der Waals surface area (Å²) in [5, 5.41) is 3.78. The van der Waals surface area contributed by atoms with Gasteiger partial charge in [-0.25, -0.2) is 4.79 Å². The van der Waals surface area contributed by atoms with Crippen LogP contribution >= 0.6 is 34.8 Å². The molecule has 2 amide bonds. The van der Waals surface area contributed by atoms with Crippen molar-refractivity contribution in [3.8, 4) is 5.75 Å². The zero-order valence-electron chi connectivity index (χ0n) is 13.7. The first kappa shape index (κ1) is 19.9. The molecule has 25 heavy (non-hydrogen) atoms. The lowest BCUT2D eigenvalue weighted by atomic mass is 10.1. The SMILES string of the molecule is CCOC(=O)N1CCC(NC(=O)COc2cc(Cl)c(Cl)cc2Cl)CC1. The molecule has 0 atom stereocenters. The predicted octanol–water partition coefficient (Wildman–Crippen LogP) is 3.76. The zero-order valence-corrected chi connectivity index (χ0v) is 16.0. The summed E-state index contributed by atoms with van der Waals surface area (Å²) in [4.78, 5) is 25.3. The summed E-state index contributed by atoms with van der Waals surface area (Å²) in [6.07, 6.45) is 1.01. The van der Waals surface area contributed by atoms with Gasteiger partial charge in [0.2, 0.25) is 0 Å². The van der Waals surface area contributed by atoms with E-state index in [1.165, 1.54) is 12.1 Å². The summed E-state index contributed by atoms with van der Waals surface area (Å²) in [5.74, 6) is 0.0278. The Bertz CT molecular complexity index is 634. The van der Waals surface area contributed by atoms with Gasteiger partial charge in [-0.3, -0.25) is 4.79 Å². The first-order chi connectivity index (χ1) is 11.9. The Morgan fingerprint density at radius 3 is 2.44 bits per heavy atom. The molecule has 1 aliphatic heterocycles. The number of hydrogen-bond acceptors (Lipinski definition) is 4. The van der Waals surface area contributed by atoms with Crippen molar-refractivity contribution in [2.45, 2.75) is 25.8 Å². The number of ether oxygens (including phenoxy) is 2. The lowest BCUT2D eigenvalue weighted by Crippen LogP contribution is -2.47. The largest absolute Gasteiger partial charge is 0.482 e. The number of amides is 2. The van der Waals surface area contributed by atoms with E-state index >= 15 is 0 Å². The van der Waals surface area contributed by atoms with E-state index in [4.69, 9.17) is 44.3 Å². The lowest BCUT2D eigenvalue weighted by Gasteiger charge is -2.31. The summed E-state index contributed by atoms with van der Waals surface area (Å²) in [7, 11) is 0. The Morgan fingerprint density at radius 2 is 1.80 bits per heavy atom. The van der Waals surface area contributed by atoms with E-state index in [9.17, 15) is 9.59 Å². The summed E-state index contributed by atoms with van der Waals surface area (Å²) < 4.78 is 10.4. The van der Waals surface area contributed by atoms with Gasteiger partial charge in [0, 0.05) is 25.2 Å². The number of rotatable bonds is 5. The van der Waals surface area contributed by atoms with Crippen LogP contribution in [-0.2, 0) is 9.53 Å². The number of nitrogens with zero attached hydrogens (tertiary/aromatic N) is 1. The minimum Gasteiger partial charge on any atom is -0.482 e. The van der Waals surface area contributed by atoms with Gasteiger partial charge >= 0.3 is 6.09 Å². The second-order valence-corrected chi connectivity index (χ2v) is 6.73. The number of halogens is 3. The Morgan fingerprint density at radius 1 is 1.16 bits per heavy atom. The van der Waals surface area contributed by atoms with Crippen molar-refractivity contribution < 1.29 is 19.1 Å². The molecule has 138 valence electrons. The molecule has 1 aromatic rings. The summed E-state index contributed by atoms with van der Waals surface area (Å²) in [6, 6.07) is 2.92. The molecule has 0 aromatic heterocycles. The Hall–Kier alpha value is -1.37. The molecule has 1 saturated heterocycles. The molecule has 0 spiro atoms. The van der Waals surface area contributed by atoms with Crippen LogP contribution in [0.25, 0.3) is 0 Å². The Labute approximate surface area is 161 Å². The van der Waals surface area contributed by atoms with Crippen molar-refractivity contribution in [1.82, 2.24) is 10.2 Å². The van der Waals surface area contributed by atoms with Crippen molar-refractivity contribution in [1.29, 1.82) is 0 Å². The minimum atomic E-state index is -0.315. The fourth-order valence-corrected chi connectivity index (χ4v) is 3.04. The van der Waals surface area contributed by atoms with Crippen LogP contribution in [-0.4, -0.2) is 49.2 Å². The van der Waals surface area contributed by atoms with Gasteiger partial charge in [-0.15, -0.1) is 0 Å². The van der Waals surface area contributed by atoms with Crippen LogP contribution in [0.4, 0.5) is 4.79 Å². The predicted molar refractivity (Wildman–Crippen MR) is 96.7 cm³/mol. The van der Waals surface area contributed by atoms with E-state index in [2.05, 4.69) is 5.32 Å². The van der Waals surface area contributed by atoms with Gasteiger partial charge in [-0.2, -0.15) is 0 Å². The highest BCUT2D eigenvalue weighted by molar-refractivity contribution is 6.43. The first-order valence-corrected chi connectivity index (χ1v) is 9.02. The van der Waals surface area contributed by atoms with Gasteiger partial charge in [0.15, 0.2) is 6.61 Å². The summed E-state index contributed by atoms with van der Waals surface area (Å²) in [5.41, 5.74) is 0. The standard InChI is InChI=1S/C16H19Cl3N2O4/c1-2-24-16(23)21-5-3-10(4-6-21)20-15(22)9-25-14-8-12(18)11(17)7-13(14)19/h7-8,10H,2-6,9H2,1H3,(H,20,22). The van der Waals surface area contributed by atoms with Gasteiger partial charge in [0.05, 0.1) is 21.7 Å². The monoisotopic (exact) mass is 408 g/mol. The second kappa shape index (κ2) is 9.36. The zero-order chi connectivity index (χ0) is 18.4. The molecule has 0 aliphatic carbocycles. The van der Waals surface area contributed by atoms with E-state index in [0.29, 0.717) is 48.3 Å². The Kier molecular flexibility index (Phi) is 7.47. The minimum absolute atomic E-state index is 0.00828. The highest BCUT2D eigenvalue weighted by atomic mass is 35.5. The molecule has 1 aromatic carbocycles. The van der Waals surface area contributed by atoms with E-state index in [1.54, 1.807) is 11.8 Å². The molecule has 9 heteroatoms. The molecule has 0 bridgehead atoms. The molecular weight excluding hydrogens is 391 g/mol. The summed E-state index contributed by atoms with van der Waals surface area (Å²) >= 11 is 17.7. The Balaban J connectivity index is 1.76. The van der Waals surface area contributed by atoms with Crippen LogP contribution in [0, 0.1) is 0 Å². The van der Waals surface area contributed by atoms with Crippen molar-refractivity contribution >= 4 is 46.8 Å². The van der Waals surface area contributed by atoms with E-state index in [0.717, 1.165) is 0 Å². The molecule has 1 aliphatic rings. The number of hydrogen-bond donors (Lipinski definition) is 1. The normalized spacial score (nSPS) is 15.0. The van der Waals surface area contributed by atoms with E-state index in [1.807, 2.05) is 0 Å². The quantitative estimate of drug-likeness (QED) is 0.752. The molecular formula is C16H19Cl3N2O4. The third kappa shape index (κ3) is 5.83. The molecule has 1 heterocycles. The summed E-state index contributed by atoms with van der Waals surface area (Å²) in [6.45, 7) is 3.03. The highest BCUT2D eigenvalue weighted by Gasteiger charge is 2.24. The first-order valence-electron chi connectivity index (χ1n) is 7.89. The lowest BCUT2D eigenvalue weighted by molar-refractivity contribution is -0.124. The maximum atomic E-state index is 12.0. The van der Waals surface area contributed by atoms with Crippen molar-refractivity contribution in [2.75, 3.05) is 26.3 Å². The highest BCUT2D eigenvalue weighted by Crippen LogP contribution is 2.33. The van der Waals surface area contributed by atoms with Crippen LogP contribution in [0.1, 0.15) is 19.8 Å². The fourth-order valence-electron chi connectivity index (χ4n) is 2.45. The molecule has 2 rings (SSSR count). The van der Waals surface area contributed by atoms with Gasteiger partial charge in [0.25, 0.3) is 5.91 Å². The maximum absolute atomic E-state index is 12.0. The second-order valence-electron chi connectivity index (χ2n) is 5.51. The molecule has 1 fully saturated rings. The number of nitrogens with one attached hydrogen (secondary N) is 1. The van der Waals surface area contributed by atoms with Crippen LogP contribution < -0.4 is 10.1 Å². The van der Waals surface area contributed by atoms with Crippen molar-refractivity contribution in [2.24, 2.45) is 0 Å². The fraction of sp³-hybridized carbons (Fsp3) is 0.500. The third-order valence-corrected chi connectivity index (χ3v) is 4.74.